The van der Waals surface area contributed by atoms with E-state index in [4.69, 9.17) is 34.0 Å². The molecule has 3 aliphatic heterocycles. The number of hydrogen-bond donors (Lipinski definition) is 7. The smallest absolute Gasteiger partial charge is 0.187 e. The van der Waals surface area contributed by atoms with Crippen molar-refractivity contribution < 1.29 is 84.0 Å². The van der Waals surface area contributed by atoms with E-state index in [1.165, 1.54) is 6.92 Å². The van der Waals surface area contributed by atoms with E-state index in [0.717, 1.165) is 0 Å². The summed E-state index contributed by atoms with van der Waals surface area (Å²) in [6.45, 7) is 0.369. The van der Waals surface area contributed by atoms with E-state index < -0.39 is 110 Å². The number of azide groups is 1. The summed E-state index contributed by atoms with van der Waals surface area (Å²) in [4.78, 5) is 25.7. The molecule has 7 N–H and O–H groups in total. The van der Waals surface area contributed by atoms with Gasteiger partial charge in [0, 0.05) is 24.0 Å². The maximum Gasteiger partial charge on any atom is 0.187 e. The van der Waals surface area contributed by atoms with Gasteiger partial charge in [0.2, 0.25) is 0 Å². The van der Waals surface area contributed by atoms with Gasteiger partial charge in [0.25, 0.3) is 0 Å². The number of carboxylic acid groups (broad SMARTS) is 2. The summed E-state index contributed by atoms with van der Waals surface area (Å²) in [5.41, 5.74) is 8.30. The van der Waals surface area contributed by atoms with Crippen molar-refractivity contribution in [3.63, 3.8) is 0 Å². The lowest BCUT2D eigenvalue weighted by molar-refractivity contribution is -0.384. The average Bonchev–Trinajstić information content (AvgIpc) is 2.95. The number of carbonyl (C=O) groups is 2. The highest BCUT2D eigenvalue weighted by Crippen LogP contribution is 2.35. The van der Waals surface area contributed by atoms with Gasteiger partial charge in [-0.05, 0) is 12.0 Å². The summed E-state index contributed by atoms with van der Waals surface area (Å²) >= 11 is 0. The van der Waals surface area contributed by atoms with Crippen LogP contribution in [0.1, 0.15) is 13.3 Å². The van der Waals surface area contributed by atoms with Gasteiger partial charge >= 0.3 is 0 Å². The minimum atomic E-state index is -2.13. The lowest BCUT2D eigenvalue weighted by atomic mass is 9.91. The van der Waals surface area contributed by atoms with Crippen LogP contribution in [0, 0.1) is 5.92 Å². The molecule has 15 atom stereocenters. The number of aliphatic carboxylic acids is 2. The summed E-state index contributed by atoms with van der Waals surface area (Å²) in [6, 6.07) is 0. The van der Waals surface area contributed by atoms with Crippen molar-refractivity contribution in [3.05, 3.63) is 10.4 Å². The third-order valence-electron chi connectivity index (χ3n) is 7.06. The Bertz CT molecular complexity index is 970. The van der Waals surface area contributed by atoms with E-state index in [0.29, 0.717) is 0 Å². The number of carbonyl (C=O) groups excluding carboxylic acids is 2. The zero-order valence-electron chi connectivity index (χ0n) is 22.0. The molecule has 42 heavy (non-hydrogen) atoms. The predicted octanol–water partition coefficient (Wildman–Crippen LogP) is -7.06. The van der Waals surface area contributed by atoms with Crippen molar-refractivity contribution >= 4 is 11.9 Å². The van der Waals surface area contributed by atoms with E-state index in [9.17, 15) is 55.5 Å². The molecule has 3 heterocycles. The van der Waals surface area contributed by atoms with Crippen LogP contribution in [0.15, 0.2) is 5.11 Å². The van der Waals surface area contributed by atoms with Crippen molar-refractivity contribution in [1.29, 1.82) is 0 Å². The normalized spacial score (nSPS) is 44.2. The molecule has 0 aromatic carbocycles. The van der Waals surface area contributed by atoms with Gasteiger partial charge in [0.1, 0.15) is 61.0 Å². The molecule has 0 bridgehead atoms. The lowest BCUT2D eigenvalue weighted by Crippen LogP contribution is -2.67. The zero-order valence-corrected chi connectivity index (χ0v) is 22.0. The fourth-order valence-electron chi connectivity index (χ4n) is 4.73. The first-order chi connectivity index (χ1) is 19.8. The summed E-state index contributed by atoms with van der Waals surface area (Å²) in [5, 5.41) is 98.4. The Labute approximate surface area is 237 Å². The van der Waals surface area contributed by atoms with Gasteiger partial charge in [-0.1, -0.05) is 12.0 Å². The molecular weight excluding hydrogens is 578 g/mol. The van der Waals surface area contributed by atoms with Crippen molar-refractivity contribution in [1.82, 2.24) is 0 Å². The van der Waals surface area contributed by atoms with Crippen LogP contribution in [0.4, 0.5) is 0 Å². The number of carboxylic acids is 2. The molecule has 20 nitrogen and oxygen atoms in total. The van der Waals surface area contributed by atoms with E-state index in [-0.39, 0.29) is 19.6 Å². The Kier molecular flexibility index (Phi) is 12.2. The third-order valence-corrected chi connectivity index (χ3v) is 7.06. The van der Waals surface area contributed by atoms with Crippen LogP contribution in [0.5, 0.6) is 0 Å². The molecule has 6 unspecified atom stereocenters. The molecule has 3 saturated heterocycles. The van der Waals surface area contributed by atoms with Crippen LogP contribution >= 0.6 is 0 Å². The topological polar surface area (TPSA) is 326 Å². The Morgan fingerprint density at radius 1 is 0.810 bits per heavy atom. The molecule has 0 radical (unpaired) electrons. The summed E-state index contributed by atoms with van der Waals surface area (Å²) < 4.78 is 32.2. The van der Waals surface area contributed by atoms with Crippen LogP contribution in [-0.4, -0.2) is 153 Å². The van der Waals surface area contributed by atoms with Crippen molar-refractivity contribution in [2.45, 2.75) is 99.4 Å². The second-order valence-corrected chi connectivity index (χ2v) is 9.90. The van der Waals surface area contributed by atoms with Crippen LogP contribution in [0.25, 0.3) is 10.4 Å². The molecule has 240 valence electrons. The summed E-state index contributed by atoms with van der Waals surface area (Å²) in [5.74, 6) is -4.97. The second-order valence-electron chi connectivity index (χ2n) is 9.90. The Morgan fingerprint density at radius 2 is 1.40 bits per heavy atom. The SMILES string of the molecule is CC1[C@H](O[C@@H]2C(C(=O)[O-])O[C@@H](OCCCN=[N+]=[N-])C(O)[C@H]2O)OC(CO)[C@@H](O)[C@@H]1O[C@@H]1OC(C(=O)[O-])[C@@H](O)[C@H](O)C1O. The van der Waals surface area contributed by atoms with Gasteiger partial charge in [0.05, 0.1) is 24.6 Å². The highest BCUT2D eigenvalue weighted by atomic mass is 16.7. The van der Waals surface area contributed by atoms with E-state index >= 15 is 0 Å². The van der Waals surface area contributed by atoms with Crippen LogP contribution < -0.4 is 10.2 Å². The molecular formula is C22H33N3O17-2. The fourth-order valence-corrected chi connectivity index (χ4v) is 4.73. The van der Waals surface area contributed by atoms with Crippen LogP contribution in [-0.2, 0) is 38.0 Å². The summed E-state index contributed by atoms with van der Waals surface area (Å²) in [6.07, 6.45) is -25.7. The number of ether oxygens (including phenoxy) is 6. The number of nitrogens with zero attached hydrogens (tertiary/aromatic N) is 3. The molecule has 3 aliphatic rings. The highest BCUT2D eigenvalue weighted by molar-refractivity contribution is 5.71. The first-order valence-electron chi connectivity index (χ1n) is 12.8. The third kappa shape index (κ3) is 7.44. The number of hydrogen-bond acceptors (Lipinski definition) is 18. The maximum atomic E-state index is 11.9. The Hall–Kier alpha value is -2.27. The first-order valence-corrected chi connectivity index (χ1v) is 12.8. The Morgan fingerprint density at radius 3 is 2.00 bits per heavy atom. The lowest BCUT2D eigenvalue weighted by Gasteiger charge is -2.49. The summed E-state index contributed by atoms with van der Waals surface area (Å²) in [7, 11) is 0. The fraction of sp³-hybridized carbons (Fsp3) is 0.909. The van der Waals surface area contributed by atoms with E-state index in [1.807, 2.05) is 0 Å². The van der Waals surface area contributed by atoms with Crippen molar-refractivity contribution in [3.8, 4) is 0 Å². The van der Waals surface area contributed by atoms with Gasteiger partial charge in [-0.2, -0.15) is 0 Å². The molecule has 0 saturated carbocycles. The van der Waals surface area contributed by atoms with Gasteiger partial charge in [-0.15, -0.1) is 0 Å². The molecule has 0 aromatic heterocycles. The first kappa shape index (κ1) is 34.2. The predicted molar refractivity (Wildman–Crippen MR) is 123 cm³/mol. The van der Waals surface area contributed by atoms with Gasteiger partial charge < -0.3 is 84.0 Å². The van der Waals surface area contributed by atoms with E-state index in [1.54, 1.807) is 0 Å². The largest absolute Gasteiger partial charge is 0.547 e. The Balaban J connectivity index is 1.77. The minimum Gasteiger partial charge on any atom is -0.547 e. The zero-order chi connectivity index (χ0) is 31.3. The maximum absolute atomic E-state index is 11.9. The van der Waals surface area contributed by atoms with Gasteiger partial charge in [0.15, 0.2) is 18.9 Å². The molecule has 0 aliphatic carbocycles. The molecule has 0 aromatic rings. The van der Waals surface area contributed by atoms with Crippen molar-refractivity contribution in [2.75, 3.05) is 19.8 Å². The molecule has 3 fully saturated rings. The standard InChI is InChI=1S/C22H35N3O17/c1-6-14(39-22-12(31)9(28)10(29)16(41-22)18(33)34)8(27)7(5-26)38-20(6)40-15-11(30)13(32)21(42-17(15)19(35)36)37-4-2-3-24-25-23/h6-17,20-22,26-32H,2-5H2,1H3,(H,33,34)(H,35,36)/p-2/t6?,7?,8-,9+,10+,11-,12?,13?,14-,15+,16?,17?,20+,21-,22-/m1/s1. The van der Waals surface area contributed by atoms with Crippen LogP contribution in [0.3, 0.4) is 0 Å². The monoisotopic (exact) mass is 611 g/mol. The molecule has 3 rings (SSSR count). The number of aliphatic hydroxyl groups is 7. The molecule has 0 amide bonds. The molecule has 0 spiro atoms. The number of rotatable bonds is 12. The van der Waals surface area contributed by atoms with Gasteiger partial charge in [-0.25, -0.2) is 0 Å². The quantitative estimate of drug-likeness (QED) is 0.0466. The molecule has 20 heteroatoms. The number of aliphatic hydroxyl groups excluding tert-OH is 7. The van der Waals surface area contributed by atoms with Crippen molar-refractivity contribution in [2.24, 2.45) is 11.0 Å². The average molecular weight is 612 g/mol. The second kappa shape index (κ2) is 14.9. The minimum absolute atomic E-state index is 0.0336. The van der Waals surface area contributed by atoms with E-state index in [2.05, 4.69) is 10.0 Å². The highest BCUT2D eigenvalue weighted by Gasteiger charge is 2.53. The van der Waals surface area contributed by atoms with Gasteiger partial charge in [-0.3, -0.25) is 0 Å². The van der Waals surface area contributed by atoms with Crippen LogP contribution in [0.2, 0.25) is 0 Å².